The Kier molecular flexibility index (Phi) is 6.46. The van der Waals surface area contributed by atoms with Crippen molar-refractivity contribution in [3.05, 3.63) is 29.6 Å². The minimum Gasteiger partial charge on any atom is -0.383 e. The molecule has 118 valence electrons. The Hall–Kier alpha value is -1.13. The molecule has 4 heteroatoms. The van der Waals surface area contributed by atoms with Crippen molar-refractivity contribution in [3.8, 4) is 0 Å². The van der Waals surface area contributed by atoms with Crippen LogP contribution in [-0.2, 0) is 4.74 Å². The van der Waals surface area contributed by atoms with Crippen molar-refractivity contribution in [1.29, 1.82) is 0 Å². The van der Waals surface area contributed by atoms with E-state index in [0.717, 1.165) is 43.7 Å². The average molecular weight is 294 g/mol. The van der Waals surface area contributed by atoms with Crippen LogP contribution >= 0.6 is 0 Å². The van der Waals surface area contributed by atoms with Crippen LogP contribution in [0.25, 0.3) is 0 Å². The maximum Gasteiger partial charge on any atom is 0.146 e. The van der Waals surface area contributed by atoms with Gasteiger partial charge in [0.05, 0.1) is 12.3 Å². The highest BCUT2D eigenvalue weighted by molar-refractivity contribution is 5.49. The Morgan fingerprint density at radius 2 is 1.95 bits per heavy atom. The Morgan fingerprint density at radius 1 is 1.24 bits per heavy atom. The van der Waals surface area contributed by atoms with Gasteiger partial charge in [0.1, 0.15) is 5.82 Å². The Balaban J connectivity index is 2.02. The zero-order valence-electron chi connectivity index (χ0n) is 13.2. The Bertz CT molecular complexity index is 431. The maximum absolute atomic E-state index is 14.4. The highest BCUT2D eigenvalue weighted by atomic mass is 19.1. The number of ether oxygens (including phenoxy) is 1. The molecule has 1 aromatic rings. The molecule has 1 saturated heterocycles. The van der Waals surface area contributed by atoms with Gasteiger partial charge in [0.25, 0.3) is 0 Å². The third-order valence-electron chi connectivity index (χ3n) is 4.18. The molecule has 0 spiro atoms. The molecule has 0 radical (unpaired) electrons. The summed E-state index contributed by atoms with van der Waals surface area (Å²) >= 11 is 0. The molecule has 1 aromatic carbocycles. The Morgan fingerprint density at radius 3 is 2.57 bits per heavy atom. The van der Waals surface area contributed by atoms with Crippen molar-refractivity contribution < 1.29 is 9.13 Å². The van der Waals surface area contributed by atoms with Crippen molar-refractivity contribution in [3.63, 3.8) is 0 Å². The van der Waals surface area contributed by atoms with Gasteiger partial charge in [0.2, 0.25) is 0 Å². The summed E-state index contributed by atoms with van der Waals surface area (Å²) < 4.78 is 19.4. The molecule has 0 amide bonds. The number of hydrogen-bond acceptors (Lipinski definition) is 3. The van der Waals surface area contributed by atoms with Crippen molar-refractivity contribution in [2.24, 2.45) is 0 Å². The summed E-state index contributed by atoms with van der Waals surface area (Å²) in [5.41, 5.74) is 1.74. The largest absolute Gasteiger partial charge is 0.383 e. The van der Waals surface area contributed by atoms with E-state index in [0.29, 0.717) is 6.61 Å². The first kappa shape index (κ1) is 16.2. The molecule has 1 aliphatic heterocycles. The van der Waals surface area contributed by atoms with Crippen molar-refractivity contribution in [1.82, 2.24) is 5.32 Å². The SMILES string of the molecule is COCCN[C@H](C)c1ccc(N2CCCCCC2)c(F)c1. The lowest BCUT2D eigenvalue weighted by molar-refractivity contribution is 0.196. The molecule has 1 N–H and O–H groups in total. The molecule has 1 atom stereocenters. The first-order chi connectivity index (χ1) is 10.2. The minimum atomic E-state index is -0.102. The summed E-state index contributed by atoms with van der Waals surface area (Å²) in [5, 5.41) is 3.33. The van der Waals surface area contributed by atoms with Crippen LogP contribution in [0.15, 0.2) is 18.2 Å². The zero-order valence-corrected chi connectivity index (χ0v) is 13.2. The van der Waals surface area contributed by atoms with Crippen molar-refractivity contribution in [2.75, 3.05) is 38.3 Å². The lowest BCUT2D eigenvalue weighted by atomic mass is 10.1. The van der Waals surface area contributed by atoms with Gasteiger partial charge in [-0.3, -0.25) is 0 Å². The molecular formula is C17H27FN2O. The monoisotopic (exact) mass is 294 g/mol. The highest BCUT2D eigenvalue weighted by Gasteiger charge is 2.15. The van der Waals surface area contributed by atoms with E-state index in [-0.39, 0.29) is 11.9 Å². The number of nitrogens with one attached hydrogen (secondary N) is 1. The van der Waals surface area contributed by atoms with Gasteiger partial charge in [-0.05, 0) is 37.5 Å². The Labute approximate surface area is 127 Å². The van der Waals surface area contributed by atoms with E-state index in [4.69, 9.17) is 4.74 Å². The number of nitrogens with zero attached hydrogens (tertiary/aromatic N) is 1. The van der Waals surface area contributed by atoms with Crippen LogP contribution in [-0.4, -0.2) is 33.4 Å². The van der Waals surface area contributed by atoms with Crippen LogP contribution in [0.5, 0.6) is 0 Å². The number of rotatable bonds is 6. The van der Waals surface area contributed by atoms with E-state index in [9.17, 15) is 4.39 Å². The van der Waals surface area contributed by atoms with Gasteiger partial charge in [-0.15, -0.1) is 0 Å². The van der Waals surface area contributed by atoms with Gasteiger partial charge in [-0.25, -0.2) is 4.39 Å². The van der Waals surface area contributed by atoms with Crippen LogP contribution < -0.4 is 10.2 Å². The summed E-state index contributed by atoms with van der Waals surface area (Å²) in [5.74, 6) is -0.102. The molecule has 0 aliphatic carbocycles. The number of halogens is 1. The quantitative estimate of drug-likeness (QED) is 0.813. The third kappa shape index (κ3) is 4.68. The van der Waals surface area contributed by atoms with E-state index < -0.39 is 0 Å². The summed E-state index contributed by atoms with van der Waals surface area (Å²) in [6.45, 7) is 5.43. The number of methoxy groups -OCH3 is 1. The number of hydrogen-bond donors (Lipinski definition) is 1. The molecule has 2 rings (SSSR count). The molecule has 1 heterocycles. The fraction of sp³-hybridized carbons (Fsp3) is 0.647. The molecule has 3 nitrogen and oxygen atoms in total. The van der Waals surface area contributed by atoms with Crippen LogP contribution in [0.4, 0.5) is 10.1 Å². The fourth-order valence-corrected chi connectivity index (χ4v) is 2.86. The van der Waals surface area contributed by atoms with Crippen LogP contribution in [0.3, 0.4) is 0 Å². The molecule has 0 saturated carbocycles. The van der Waals surface area contributed by atoms with Gasteiger partial charge in [-0.2, -0.15) is 0 Å². The molecule has 1 aliphatic rings. The summed E-state index contributed by atoms with van der Waals surface area (Å²) in [7, 11) is 1.68. The molecule has 1 fully saturated rings. The first-order valence-electron chi connectivity index (χ1n) is 7.99. The van der Waals surface area contributed by atoms with E-state index in [2.05, 4.69) is 17.1 Å². The molecule has 0 aromatic heterocycles. The van der Waals surface area contributed by atoms with Crippen LogP contribution in [0.1, 0.15) is 44.2 Å². The summed E-state index contributed by atoms with van der Waals surface area (Å²) in [4.78, 5) is 2.19. The number of benzene rings is 1. The second kappa shape index (κ2) is 8.35. The average Bonchev–Trinajstić information content (AvgIpc) is 2.76. The van der Waals surface area contributed by atoms with Crippen molar-refractivity contribution in [2.45, 2.75) is 38.6 Å². The lowest BCUT2D eigenvalue weighted by Crippen LogP contribution is -2.26. The second-order valence-electron chi connectivity index (χ2n) is 5.78. The van der Waals surface area contributed by atoms with E-state index >= 15 is 0 Å². The molecule has 0 unspecified atom stereocenters. The normalized spacial score (nSPS) is 17.6. The predicted molar refractivity (Wildman–Crippen MR) is 85.4 cm³/mol. The minimum absolute atomic E-state index is 0.102. The maximum atomic E-state index is 14.4. The van der Waals surface area contributed by atoms with E-state index in [1.165, 1.54) is 12.8 Å². The van der Waals surface area contributed by atoms with Crippen LogP contribution in [0, 0.1) is 5.82 Å². The van der Waals surface area contributed by atoms with E-state index in [1.807, 2.05) is 12.1 Å². The molecule has 0 bridgehead atoms. The fourth-order valence-electron chi connectivity index (χ4n) is 2.86. The van der Waals surface area contributed by atoms with Gasteiger partial charge in [-0.1, -0.05) is 18.9 Å². The molecular weight excluding hydrogens is 267 g/mol. The first-order valence-corrected chi connectivity index (χ1v) is 7.99. The van der Waals surface area contributed by atoms with Gasteiger partial charge < -0.3 is 15.0 Å². The highest BCUT2D eigenvalue weighted by Crippen LogP contribution is 2.25. The third-order valence-corrected chi connectivity index (χ3v) is 4.18. The lowest BCUT2D eigenvalue weighted by Gasteiger charge is -2.24. The number of anilines is 1. The predicted octanol–water partition coefficient (Wildman–Crippen LogP) is 3.50. The second-order valence-corrected chi connectivity index (χ2v) is 5.78. The van der Waals surface area contributed by atoms with Gasteiger partial charge in [0.15, 0.2) is 0 Å². The standard InChI is InChI=1S/C17H27FN2O/c1-14(19-9-12-21-2)15-7-8-17(16(18)13-15)20-10-5-3-4-6-11-20/h7-8,13-14,19H,3-6,9-12H2,1-2H3/t14-/m1/s1. The van der Waals surface area contributed by atoms with Crippen LogP contribution in [0.2, 0.25) is 0 Å². The topological polar surface area (TPSA) is 24.5 Å². The summed E-state index contributed by atoms with van der Waals surface area (Å²) in [6, 6.07) is 5.77. The molecule has 21 heavy (non-hydrogen) atoms. The summed E-state index contributed by atoms with van der Waals surface area (Å²) in [6.07, 6.45) is 4.85. The zero-order chi connectivity index (χ0) is 15.1. The van der Waals surface area contributed by atoms with Crippen molar-refractivity contribution >= 4 is 5.69 Å². The van der Waals surface area contributed by atoms with Gasteiger partial charge in [0, 0.05) is 32.8 Å². The van der Waals surface area contributed by atoms with Gasteiger partial charge >= 0.3 is 0 Å². The smallest absolute Gasteiger partial charge is 0.146 e. The van der Waals surface area contributed by atoms with E-state index in [1.54, 1.807) is 13.2 Å².